The lowest BCUT2D eigenvalue weighted by Gasteiger charge is -2.10. The Kier molecular flexibility index (Phi) is 2.37. The van der Waals surface area contributed by atoms with Crippen LogP contribution in [0, 0.1) is 0 Å². The van der Waals surface area contributed by atoms with Crippen LogP contribution in [0.3, 0.4) is 0 Å². The van der Waals surface area contributed by atoms with Gasteiger partial charge in [-0.15, -0.1) is 0 Å². The van der Waals surface area contributed by atoms with Gasteiger partial charge in [0, 0.05) is 12.3 Å². The third-order valence-corrected chi connectivity index (χ3v) is 2.37. The highest BCUT2D eigenvalue weighted by molar-refractivity contribution is 6.29. The summed E-state index contributed by atoms with van der Waals surface area (Å²) in [6.45, 7) is 2.06. The highest BCUT2D eigenvalue weighted by Gasteiger charge is 2.19. The van der Waals surface area contributed by atoms with Crippen molar-refractivity contribution in [3.8, 4) is 0 Å². The fourth-order valence-corrected chi connectivity index (χ4v) is 1.75. The summed E-state index contributed by atoms with van der Waals surface area (Å²) in [4.78, 5) is 19.4. The smallest absolute Gasteiger partial charge is 0.268 e. The predicted molar refractivity (Wildman–Crippen MR) is 55.0 cm³/mol. The lowest BCUT2D eigenvalue weighted by molar-refractivity contribution is 0.474. The zero-order valence-corrected chi connectivity index (χ0v) is 8.53. The zero-order valence-electron chi connectivity index (χ0n) is 7.77. The molecule has 14 heavy (non-hydrogen) atoms. The number of halogens is 1. The lowest BCUT2D eigenvalue weighted by atomic mass is 10.3. The van der Waals surface area contributed by atoms with E-state index in [0.717, 1.165) is 18.5 Å². The van der Waals surface area contributed by atoms with E-state index in [1.165, 1.54) is 0 Å². The van der Waals surface area contributed by atoms with Crippen molar-refractivity contribution in [2.45, 2.75) is 25.9 Å². The van der Waals surface area contributed by atoms with Crippen LogP contribution in [0.15, 0.2) is 15.9 Å². The minimum absolute atomic E-state index is 0.0905. The molecule has 1 atom stereocenters. The molecule has 0 saturated heterocycles. The third-order valence-electron chi connectivity index (χ3n) is 2.18. The maximum Gasteiger partial charge on any atom is 0.351 e. The van der Waals surface area contributed by atoms with Crippen LogP contribution < -0.4 is 5.69 Å². The molecular weight excluding hydrogens is 202 g/mol. The van der Waals surface area contributed by atoms with Gasteiger partial charge < -0.3 is 0 Å². The molecule has 0 amide bonds. The molecule has 0 bridgehead atoms. The fraction of sp³-hybridized carbons (Fsp3) is 0.444. The highest BCUT2D eigenvalue weighted by atomic mass is 35.5. The lowest BCUT2D eigenvalue weighted by Crippen LogP contribution is -2.26. The number of aromatic nitrogens is 2. The first-order chi connectivity index (χ1) is 6.72. The van der Waals surface area contributed by atoms with E-state index in [9.17, 15) is 4.79 Å². The molecule has 0 N–H and O–H groups in total. The minimum Gasteiger partial charge on any atom is -0.268 e. The molecule has 0 aromatic carbocycles. The second-order valence-corrected chi connectivity index (χ2v) is 3.59. The van der Waals surface area contributed by atoms with Gasteiger partial charge in [0.1, 0.15) is 11.3 Å². The molecule has 0 radical (unpaired) electrons. The fourth-order valence-electron chi connectivity index (χ4n) is 1.57. The molecule has 2 heterocycles. The summed E-state index contributed by atoms with van der Waals surface area (Å²) in [6, 6.07) is 1.65. The molecule has 0 spiro atoms. The quantitative estimate of drug-likeness (QED) is 0.698. The van der Waals surface area contributed by atoms with Crippen LogP contribution in [-0.4, -0.2) is 15.8 Å². The molecule has 1 aliphatic rings. The molecule has 1 aliphatic heterocycles. The van der Waals surface area contributed by atoms with Gasteiger partial charge in [-0.2, -0.15) is 4.98 Å². The van der Waals surface area contributed by atoms with E-state index in [4.69, 9.17) is 11.6 Å². The number of rotatable bonds is 2. The Bertz CT molecular complexity index is 438. The number of aliphatic imine (C=N–C) groups is 1. The summed E-state index contributed by atoms with van der Waals surface area (Å²) in [7, 11) is 0. The van der Waals surface area contributed by atoms with Crippen LogP contribution in [0.2, 0.25) is 5.15 Å². The van der Waals surface area contributed by atoms with Crippen molar-refractivity contribution in [1.29, 1.82) is 0 Å². The normalized spacial score (nSPS) is 18.6. The predicted octanol–water partition coefficient (Wildman–Crippen LogP) is 1.63. The van der Waals surface area contributed by atoms with E-state index in [2.05, 4.69) is 16.9 Å². The first kappa shape index (κ1) is 9.40. The largest absolute Gasteiger partial charge is 0.351 e. The Morgan fingerprint density at radius 1 is 1.64 bits per heavy atom. The van der Waals surface area contributed by atoms with Gasteiger partial charge in [-0.3, -0.25) is 9.56 Å². The van der Waals surface area contributed by atoms with E-state index in [1.807, 2.05) is 0 Å². The zero-order chi connectivity index (χ0) is 10.1. The summed E-state index contributed by atoms with van der Waals surface area (Å²) in [5, 5.41) is 0.227. The van der Waals surface area contributed by atoms with Gasteiger partial charge in [0.05, 0.1) is 5.69 Å². The third kappa shape index (κ3) is 1.46. The molecule has 1 aromatic rings. The number of hydrogen-bond acceptors (Lipinski definition) is 3. The van der Waals surface area contributed by atoms with E-state index in [1.54, 1.807) is 16.8 Å². The van der Waals surface area contributed by atoms with Gasteiger partial charge >= 0.3 is 5.69 Å². The van der Waals surface area contributed by atoms with Gasteiger partial charge in [-0.05, 0) is 6.42 Å². The first-order valence-corrected chi connectivity index (χ1v) is 4.92. The van der Waals surface area contributed by atoms with Gasteiger partial charge in [0.25, 0.3) is 0 Å². The van der Waals surface area contributed by atoms with Crippen molar-refractivity contribution in [2.75, 3.05) is 0 Å². The molecule has 5 heteroatoms. The molecule has 0 aliphatic carbocycles. The topological polar surface area (TPSA) is 47.2 Å². The van der Waals surface area contributed by atoms with Crippen LogP contribution >= 0.6 is 11.6 Å². The van der Waals surface area contributed by atoms with Gasteiger partial charge in [-0.25, -0.2) is 4.79 Å². The van der Waals surface area contributed by atoms with Gasteiger partial charge in [0.2, 0.25) is 0 Å². The Labute approximate surface area is 86.3 Å². The summed E-state index contributed by atoms with van der Waals surface area (Å²) in [5.74, 6) is 0. The Hall–Kier alpha value is -1.16. The molecule has 1 aromatic heterocycles. The van der Waals surface area contributed by atoms with Crippen LogP contribution in [0.4, 0.5) is 0 Å². The second-order valence-electron chi connectivity index (χ2n) is 3.20. The van der Waals surface area contributed by atoms with Crippen molar-refractivity contribution < 1.29 is 0 Å². The van der Waals surface area contributed by atoms with Crippen molar-refractivity contribution in [3.63, 3.8) is 0 Å². The number of fused-ring (bicyclic) bond motifs is 1. The van der Waals surface area contributed by atoms with Crippen molar-refractivity contribution in [2.24, 2.45) is 4.99 Å². The molecule has 0 fully saturated rings. The number of hydrogen-bond donors (Lipinski definition) is 0. The molecule has 74 valence electrons. The summed E-state index contributed by atoms with van der Waals surface area (Å²) >= 11 is 5.67. The average Bonchev–Trinajstić information content (AvgIpc) is 2.49. The van der Waals surface area contributed by atoms with Crippen LogP contribution in [-0.2, 0) is 0 Å². The van der Waals surface area contributed by atoms with E-state index >= 15 is 0 Å². The maximum absolute atomic E-state index is 11.5. The average molecular weight is 212 g/mol. The van der Waals surface area contributed by atoms with Crippen molar-refractivity contribution in [1.82, 2.24) is 9.55 Å². The summed E-state index contributed by atoms with van der Waals surface area (Å²) in [5.41, 5.74) is 0.428. The Morgan fingerprint density at radius 2 is 2.43 bits per heavy atom. The SMILES string of the molecule is CCCC1N=Cc2cc(Cl)nc(=O)n21. The van der Waals surface area contributed by atoms with Crippen LogP contribution in [0.5, 0.6) is 0 Å². The Balaban J connectivity index is 2.49. The maximum atomic E-state index is 11.5. The van der Waals surface area contributed by atoms with Crippen molar-refractivity contribution in [3.05, 3.63) is 27.4 Å². The van der Waals surface area contributed by atoms with E-state index in [-0.39, 0.29) is 17.0 Å². The van der Waals surface area contributed by atoms with E-state index < -0.39 is 0 Å². The van der Waals surface area contributed by atoms with Gasteiger partial charge in [0.15, 0.2) is 0 Å². The van der Waals surface area contributed by atoms with Crippen molar-refractivity contribution >= 4 is 17.8 Å². The summed E-state index contributed by atoms with van der Waals surface area (Å²) < 4.78 is 1.58. The summed E-state index contributed by atoms with van der Waals surface area (Å²) in [6.07, 6.45) is 3.42. The molecule has 0 saturated carbocycles. The van der Waals surface area contributed by atoms with Crippen LogP contribution in [0.1, 0.15) is 31.6 Å². The number of nitrogens with zero attached hydrogens (tertiary/aromatic N) is 3. The highest BCUT2D eigenvalue weighted by Crippen LogP contribution is 2.20. The standard InChI is InChI=1S/C9H10ClN3O/c1-2-3-8-11-5-6-4-7(10)12-9(14)13(6)8/h4-5,8H,2-3H2,1H3. The molecular formula is C9H10ClN3O. The monoisotopic (exact) mass is 211 g/mol. The van der Waals surface area contributed by atoms with E-state index in [0.29, 0.717) is 0 Å². The molecule has 4 nitrogen and oxygen atoms in total. The minimum atomic E-state index is -0.316. The first-order valence-electron chi connectivity index (χ1n) is 4.54. The Morgan fingerprint density at radius 3 is 3.14 bits per heavy atom. The molecule has 1 unspecified atom stereocenters. The van der Waals surface area contributed by atoms with Crippen LogP contribution in [0.25, 0.3) is 0 Å². The molecule has 2 rings (SSSR count). The second kappa shape index (κ2) is 3.53. The van der Waals surface area contributed by atoms with Gasteiger partial charge in [-0.1, -0.05) is 24.9 Å².